The third-order valence-electron chi connectivity index (χ3n) is 2.19. The lowest BCUT2D eigenvalue weighted by atomic mass is 9.93. The van der Waals surface area contributed by atoms with Gasteiger partial charge >= 0.3 is 5.97 Å². The van der Waals surface area contributed by atoms with Gasteiger partial charge in [0.05, 0.1) is 17.7 Å². The van der Waals surface area contributed by atoms with Crippen molar-refractivity contribution in [3.8, 4) is 0 Å². The highest BCUT2D eigenvalue weighted by Crippen LogP contribution is 2.22. The van der Waals surface area contributed by atoms with Gasteiger partial charge in [-0.1, -0.05) is 6.07 Å². The smallest absolute Gasteiger partial charge is 0.306 e. The Hall–Kier alpha value is -1.91. The van der Waals surface area contributed by atoms with Crippen LogP contribution < -0.4 is 5.32 Å². The number of hydrogen-bond donors (Lipinski definition) is 2. The number of carboxylic acids is 1. The molecule has 1 aromatic rings. The Morgan fingerprint density at radius 2 is 2.19 bits per heavy atom. The fourth-order valence-electron chi connectivity index (χ4n) is 1.58. The summed E-state index contributed by atoms with van der Waals surface area (Å²) in [4.78, 5) is 26.0. The van der Waals surface area contributed by atoms with Gasteiger partial charge in [0.1, 0.15) is 0 Å². The quantitative estimate of drug-likeness (QED) is 0.793. The highest BCUT2D eigenvalue weighted by atomic mass is 16.4. The van der Waals surface area contributed by atoms with Crippen molar-refractivity contribution in [2.75, 3.05) is 0 Å². The fraction of sp³-hybridized carbons (Fsp3) is 0.364. The van der Waals surface area contributed by atoms with Crippen LogP contribution in [0.25, 0.3) is 0 Å². The summed E-state index contributed by atoms with van der Waals surface area (Å²) in [6, 6.07) is 5.18. The SMILES string of the molecule is CC(=O)NC(C)(CC(=O)O)c1ccccn1. The lowest BCUT2D eigenvalue weighted by Crippen LogP contribution is -2.44. The van der Waals surface area contributed by atoms with Crippen molar-refractivity contribution in [2.45, 2.75) is 25.8 Å². The lowest BCUT2D eigenvalue weighted by Gasteiger charge is -2.28. The van der Waals surface area contributed by atoms with Crippen LogP contribution in [0.5, 0.6) is 0 Å². The van der Waals surface area contributed by atoms with Gasteiger partial charge in [-0.2, -0.15) is 0 Å². The number of nitrogens with one attached hydrogen (secondary N) is 1. The molecular weight excluding hydrogens is 208 g/mol. The van der Waals surface area contributed by atoms with E-state index in [1.807, 2.05) is 0 Å². The molecule has 86 valence electrons. The molecule has 2 N–H and O–H groups in total. The number of rotatable bonds is 4. The zero-order valence-corrected chi connectivity index (χ0v) is 9.23. The molecule has 0 spiro atoms. The summed E-state index contributed by atoms with van der Waals surface area (Å²) < 4.78 is 0. The summed E-state index contributed by atoms with van der Waals surface area (Å²) >= 11 is 0. The van der Waals surface area contributed by atoms with E-state index in [2.05, 4.69) is 10.3 Å². The van der Waals surface area contributed by atoms with E-state index in [1.165, 1.54) is 6.92 Å². The highest BCUT2D eigenvalue weighted by Gasteiger charge is 2.31. The van der Waals surface area contributed by atoms with Crippen LogP contribution in [0.15, 0.2) is 24.4 Å². The Morgan fingerprint density at radius 1 is 1.50 bits per heavy atom. The Kier molecular flexibility index (Phi) is 3.60. The van der Waals surface area contributed by atoms with Crippen LogP contribution in [-0.4, -0.2) is 22.0 Å². The fourth-order valence-corrected chi connectivity index (χ4v) is 1.58. The molecule has 0 bridgehead atoms. The third-order valence-corrected chi connectivity index (χ3v) is 2.19. The first-order valence-corrected chi connectivity index (χ1v) is 4.86. The molecule has 0 saturated carbocycles. The van der Waals surface area contributed by atoms with E-state index in [0.717, 1.165) is 0 Å². The molecule has 1 aromatic heterocycles. The first kappa shape index (κ1) is 12.2. The second kappa shape index (κ2) is 4.74. The normalized spacial score (nSPS) is 13.9. The number of hydrogen-bond acceptors (Lipinski definition) is 3. The second-order valence-electron chi connectivity index (χ2n) is 3.80. The Morgan fingerprint density at radius 3 is 2.62 bits per heavy atom. The van der Waals surface area contributed by atoms with Gasteiger partial charge < -0.3 is 10.4 Å². The van der Waals surface area contributed by atoms with Crippen LogP contribution in [0.4, 0.5) is 0 Å². The molecule has 0 aromatic carbocycles. The maximum absolute atomic E-state index is 11.1. The van der Waals surface area contributed by atoms with Crippen molar-refractivity contribution in [1.82, 2.24) is 10.3 Å². The Balaban J connectivity index is 3.04. The molecule has 5 nitrogen and oxygen atoms in total. The summed E-state index contributed by atoms with van der Waals surface area (Å²) in [6.45, 7) is 2.99. The predicted octanol–water partition coefficient (Wildman–Crippen LogP) is 0.908. The lowest BCUT2D eigenvalue weighted by molar-refractivity contribution is -0.139. The second-order valence-corrected chi connectivity index (χ2v) is 3.80. The number of amides is 1. The van der Waals surface area contributed by atoms with Gasteiger partial charge in [0, 0.05) is 13.1 Å². The first-order chi connectivity index (χ1) is 7.44. The molecule has 0 fully saturated rings. The van der Waals surface area contributed by atoms with Gasteiger partial charge in [-0.3, -0.25) is 14.6 Å². The molecule has 16 heavy (non-hydrogen) atoms. The molecule has 1 heterocycles. The van der Waals surface area contributed by atoms with E-state index in [-0.39, 0.29) is 12.3 Å². The van der Waals surface area contributed by atoms with Crippen LogP contribution in [0.2, 0.25) is 0 Å². The van der Waals surface area contributed by atoms with Crippen LogP contribution in [0, 0.1) is 0 Å². The maximum Gasteiger partial charge on any atom is 0.306 e. The van der Waals surface area contributed by atoms with Crippen molar-refractivity contribution in [3.05, 3.63) is 30.1 Å². The molecule has 1 rings (SSSR count). The minimum atomic E-state index is -0.984. The van der Waals surface area contributed by atoms with Gasteiger partial charge in [-0.25, -0.2) is 0 Å². The van der Waals surface area contributed by atoms with E-state index in [9.17, 15) is 9.59 Å². The summed E-state index contributed by atoms with van der Waals surface area (Å²) in [6.07, 6.45) is 1.36. The summed E-state index contributed by atoms with van der Waals surface area (Å²) in [7, 11) is 0. The van der Waals surface area contributed by atoms with Gasteiger partial charge in [0.15, 0.2) is 0 Å². The van der Waals surface area contributed by atoms with E-state index < -0.39 is 11.5 Å². The number of carbonyl (C=O) groups is 2. The standard InChI is InChI=1S/C11H14N2O3/c1-8(14)13-11(2,7-10(15)16)9-5-3-4-6-12-9/h3-6H,7H2,1-2H3,(H,13,14)(H,15,16). The van der Waals surface area contributed by atoms with Crippen molar-refractivity contribution >= 4 is 11.9 Å². The van der Waals surface area contributed by atoms with Gasteiger partial charge in [0.2, 0.25) is 5.91 Å². The molecule has 0 aliphatic rings. The van der Waals surface area contributed by atoms with E-state index >= 15 is 0 Å². The number of aromatic nitrogens is 1. The molecule has 0 saturated heterocycles. The predicted molar refractivity (Wildman–Crippen MR) is 57.7 cm³/mol. The van der Waals surface area contributed by atoms with E-state index in [1.54, 1.807) is 31.3 Å². The van der Waals surface area contributed by atoms with Gasteiger partial charge in [0.25, 0.3) is 0 Å². The largest absolute Gasteiger partial charge is 0.481 e. The van der Waals surface area contributed by atoms with E-state index in [4.69, 9.17) is 5.11 Å². The molecule has 1 unspecified atom stereocenters. The van der Waals surface area contributed by atoms with Crippen LogP contribution in [-0.2, 0) is 15.1 Å². The summed E-state index contributed by atoms with van der Waals surface area (Å²) in [5.41, 5.74) is -0.438. The van der Waals surface area contributed by atoms with Crippen LogP contribution in [0.3, 0.4) is 0 Å². The number of aliphatic carboxylic acids is 1. The molecule has 0 aliphatic carbocycles. The van der Waals surface area contributed by atoms with Gasteiger partial charge in [-0.05, 0) is 19.1 Å². The third kappa shape index (κ3) is 3.05. The molecule has 0 aliphatic heterocycles. The monoisotopic (exact) mass is 222 g/mol. The average Bonchev–Trinajstić information content (AvgIpc) is 2.16. The Labute approximate surface area is 93.5 Å². The van der Waals surface area contributed by atoms with Crippen molar-refractivity contribution in [1.29, 1.82) is 0 Å². The highest BCUT2D eigenvalue weighted by molar-refractivity contribution is 5.76. The molecular formula is C11H14N2O3. The van der Waals surface area contributed by atoms with Gasteiger partial charge in [-0.15, -0.1) is 0 Å². The molecule has 5 heteroatoms. The Bertz CT molecular complexity index is 373. The number of carbonyl (C=O) groups excluding carboxylic acids is 1. The van der Waals surface area contributed by atoms with Crippen LogP contribution >= 0.6 is 0 Å². The average molecular weight is 222 g/mol. The number of pyridine rings is 1. The molecule has 1 atom stereocenters. The topological polar surface area (TPSA) is 79.3 Å². The number of nitrogens with zero attached hydrogens (tertiary/aromatic N) is 1. The molecule has 0 radical (unpaired) electrons. The first-order valence-electron chi connectivity index (χ1n) is 4.86. The van der Waals surface area contributed by atoms with Crippen molar-refractivity contribution in [3.63, 3.8) is 0 Å². The van der Waals surface area contributed by atoms with Crippen molar-refractivity contribution in [2.24, 2.45) is 0 Å². The van der Waals surface area contributed by atoms with Crippen molar-refractivity contribution < 1.29 is 14.7 Å². The maximum atomic E-state index is 11.1. The zero-order valence-electron chi connectivity index (χ0n) is 9.23. The van der Waals surface area contributed by atoms with Crippen LogP contribution in [0.1, 0.15) is 26.0 Å². The van der Waals surface area contributed by atoms with E-state index in [0.29, 0.717) is 5.69 Å². The minimum absolute atomic E-state index is 0.205. The summed E-state index contributed by atoms with van der Waals surface area (Å²) in [5.74, 6) is -1.27. The summed E-state index contributed by atoms with van der Waals surface area (Å²) in [5, 5.41) is 11.5. The zero-order chi connectivity index (χ0) is 12.2. The number of carboxylic acid groups (broad SMARTS) is 1. The molecule has 1 amide bonds. The minimum Gasteiger partial charge on any atom is -0.481 e.